The van der Waals surface area contributed by atoms with Crippen molar-refractivity contribution in [3.63, 3.8) is 0 Å². The zero-order valence-electron chi connectivity index (χ0n) is 8.79. The van der Waals surface area contributed by atoms with E-state index in [1.165, 1.54) is 7.11 Å². The van der Waals surface area contributed by atoms with Crippen LogP contribution in [0.25, 0.3) is 0 Å². The highest BCUT2D eigenvalue weighted by Gasteiger charge is 2.14. The van der Waals surface area contributed by atoms with Crippen LogP contribution >= 0.6 is 15.9 Å². The normalized spacial score (nSPS) is 9.94. The molecule has 0 spiro atoms. The third-order valence-corrected chi connectivity index (χ3v) is 2.65. The Hall–Kier alpha value is -1.27. The topological polar surface area (TPSA) is 84.6 Å². The fourth-order valence-electron chi connectivity index (χ4n) is 1.18. The minimum Gasteiger partial charge on any atom is -0.496 e. The van der Waals surface area contributed by atoms with Gasteiger partial charge in [0.1, 0.15) is 5.75 Å². The summed E-state index contributed by atoms with van der Waals surface area (Å²) in [6.07, 6.45) is 0. The molecule has 0 aliphatic heterocycles. The van der Waals surface area contributed by atoms with Crippen molar-refractivity contribution in [2.75, 3.05) is 26.0 Å². The average molecular weight is 289 g/mol. The molecule has 1 aromatic rings. The quantitative estimate of drug-likeness (QED) is 0.714. The van der Waals surface area contributed by atoms with Crippen LogP contribution in [0.1, 0.15) is 10.4 Å². The van der Waals surface area contributed by atoms with E-state index in [4.69, 9.17) is 15.6 Å². The summed E-state index contributed by atoms with van der Waals surface area (Å²) in [5.74, 6) is 0.0859. The van der Waals surface area contributed by atoms with E-state index in [9.17, 15) is 4.79 Å². The van der Waals surface area contributed by atoms with Gasteiger partial charge in [-0.25, -0.2) is 0 Å². The molecule has 0 aliphatic rings. The fraction of sp³-hybridized carbons (Fsp3) is 0.300. The first-order valence-electron chi connectivity index (χ1n) is 4.62. The molecule has 5 nitrogen and oxygen atoms in total. The fourth-order valence-corrected chi connectivity index (χ4v) is 1.52. The maximum atomic E-state index is 11.7. The number of anilines is 1. The van der Waals surface area contributed by atoms with Crippen molar-refractivity contribution in [2.24, 2.45) is 0 Å². The number of methoxy groups -OCH3 is 1. The molecule has 0 atom stereocenters. The van der Waals surface area contributed by atoms with Crippen LogP contribution in [-0.4, -0.2) is 31.3 Å². The molecule has 6 heteroatoms. The van der Waals surface area contributed by atoms with Gasteiger partial charge in [0.05, 0.1) is 19.3 Å². The molecular weight excluding hydrogens is 276 g/mol. The number of halogens is 1. The number of aliphatic hydroxyl groups excluding tert-OH is 1. The van der Waals surface area contributed by atoms with Crippen molar-refractivity contribution in [2.45, 2.75) is 0 Å². The zero-order valence-corrected chi connectivity index (χ0v) is 10.4. The summed E-state index contributed by atoms with van der Waals surface area (Å²) < 4.78 is 5.69. The third-order valence-electron chi connectivity index (χ3n) is 1.96. The Morgan fingerprint density at radius 3 is 2.88 bits per heavy atom. The maximum Gasteiger partial charge on any atom is 0.255 e. The van der Waals surface area contributed by atoms with Gasteiger partial charge in [0.25, 0.3) is 5.91 Å². The van der Waals surface area contributed by atoms with E-state index in [0.29, 0.717) is 21.5 Å². The lowest BCUT2D eigenvalue weighted by Gasteiger charge is -2.10. The Labute approximate surface area is 102 Å². The Morgan fingerprint density at radius 2 is 2.31 bits per heavy atom. The average Bonchev–Trinajstić information content (AvgIpc) is 2.28. The summed E-state index contributed by atoms with van der Waals surface area (Å²) in [6, 6.07) is 3.15. The lowest BCUT2D eigenvalue weighted by molar-refractivity contribution is 0.0941. The highest BCUT2D eigenvalue weighted by molar-refractivity contribution is 9.10. The molecule has 0 fully saturated rings. The van der Waals surface area contributed by atoms with E-state index in [2.05, 4.69) is 21.2 Å². The Kier molecular flexibility index (Phi) is 4.57. The van der Waals surface area contributed by atoms with Crippen LogP contribution in [0.3, 0.4) is 0 Å². The van der Waals surface area contributed by atoms with Crippen molar-refractivity contribution in [3.05, 3.63) is 22.2 Å². The Bertz CT molecular complexity index is 396. The first kappa shape index (κ1) is 12.8. The van der Waals surface area contributed by atoms with E-state index in [0.717, 1.165) is 0 Å². The van der Waals surface area contributed by atoms with Crippen molar-refractivity contribution in [1.82, 2.24) is 5.32 Å². The first-order chi connectivity index (χ1) is 7.60. The number of ether oxygens (including phenoxy) is 1. The number of nitrogens with one attached hydrogen (secondary N) is 1. The molecule has 1 amide bonds. The van der Waals surface area contributed by atoms with Crippen LogP contribution in [-0.2, 0) is 0 Å². The van der Waals surface area contributed by atoms with Crippen molar-refractivity contribution in [1.29, 1.82) is 0 Å². The number of benzene rings is 1. The molecule has 0 radical (unpaired) electrons. The number of rotatable bonds is 4. The second-order valence-corrected chi connectivity index (χ2v) is 3.91. The molecule has 0 heterocycles. The second kappa shape index (κ2) is 5.72. The lowest BCUT2D eigenvalue weighted by Crippen LogP contribution is -2.26. The summed E-state index contributed by atoms with van der Waals surface area (Å²) >= 11 is 3.24. The molecular formula is C10H13BrN2O3. The Morgan fingerprint density at radius 1 is 1.62 bits per heavy atom. The predicted molar refractivity (Wildman–Crippen MR) is 64.5 cm³/mol. The number of aliphatic hydroxyl groups is 1. The van der Waals surface area contributed by atoms with Gasteiger partial charge in [0.15, 0.2) is 0 Å². The number of carbonyl (C=O) groups is 1. The number of hydrogen-bond acceptors (Lipinski definition) is 4. The van der Waals surface area contributed by atoms with Crippen LogP contribution < -0.4 is 15.8 Å². The monoisotopic (exact) mass is 288 g/mol. The van der Waals surface area contributed by atoms with E-state index < -0.39 is 0 Å². The highest BCUT2D eigenvalue weighted by atomic mass is 79.9. The summed E-state index contributed by atoms with van der Waals surface area (Å²) in [5, 5.41) is 11.2. The van der Waals surface area contributed by atoms with Gasteiger partial charge in [-0.2, -0.15) is 0 Å². The van der Waals surface area contributed by atoms with Gasteiger partial charge in [0.2, 0.25) is 0 Å². The molecule has 0 saturated heterocycles. The number of carbonyl (C=O) groups excluding carboxylic acids is 1. The second-order valence-electron chi connectivity index (χ2n) is 3.05. The van der Waals surface area contributed by atoms with E-state index in [-0.39, 0.29) is 19.1 Å². The van der Waals surface area contributed by atoms with E-state index >= 15 is 0 Å². The van der Waals surface area contributed by atoms with Gasteiger partial charge in [-0.15, -0.1) is 0 Å². The van der Waals surface area contributed by atoms with Crippen LogP contribution in [0.15, 0.2) is 16.6 Å². The first-order valence-corrected chi connectivity index (χ1v) is 5.41. The van der Waals surface area contributed by atoms with Crippen molar-refractivity contribution >= 4 is 27.5 Å². The molecule has 0 aliphatic carbocycles. The van der Waals surface area contributed by atoms with Gasteiger partial charge in [-0.3, -0.25) is 4.79 Å². The van der Waals surface area contributed by atoms with Crippen LogP contribution in [0.2, 0.25) is 0 Å². The number of amides is 1. The van der Waals surface area contributed by atoms with Gasteiger partial charge >= 0.3 is 0 Å². The summed E-state index contributed by atoms with van der Waals surface area (Å²) in [5.41, 5.74) is 6.53. The zero-order chi connectivity index (χ0) is 12.1. The van der Waals surface area contributed by atoms with E-state index in [1.807, 2.05) is 0 Å². The summed E-state index contributed by atoms with van der Waals surface area (Å²) in [6.45, 7) is 0.0914. The van der Waals surface area contributed by atoms with Crippen molar-refractivity contribution < 1.29 is 14.6 Å². The summed E-state index contributed by atoms with van der Waals surface area (Å²) in [7, 11) is 1.46. The summed E-state index contributed by atoms with van der Waals surface area (Å²) in [4.78, 5) is 11.7. The predicted octanol–water partition coefficient (Wildman–Crippen LogP) is 0.762. The molecule has 1 rings (SSSR count). The van der Waals surface area contributed by atoms with Gasteiger partial charge < -0.3 is 20.9 Å². The standard InChI is InChI=1S/C10H13BrN2O3/c1-16-9-5-8(12)7(11)4-6(9)10(15)13-2-3-14/h4-5,14H,2-3,12H2,1H3,(H,13,15). The van der Waals surface area contributed by atoms with Gasteiger partial charge in [-0.1, -0.05) is 0 Å². The smallest absolute Gasteiger partial charge is 0.255 e. The molecule has 0 bridgehead atoms. The van der Waals surface area contributed by atoms with Crippen LogP contribution in [0.5, 0.6) is 5.75 Å². The van der Waals surface area contributed by atoms with Crippen LogP contribution in [0.4, 0.5) is 5.69 Å². The molecule has 1 aromatic carbocycles. The minimum absolute atomic E-state index is 0.107. The maximum absolute atomic E-state index is 11.7. The molecule has 0 aromatic heterocycles. The van der Waals surface area contributed by atoms with Gasteiger partial charge in [0, 0.05) is 22.8 Å². The molecule has 16 heavy (non-hydrogen) atoms. The van der Waals surface area contributed by atoms with E-state index in [1.54, 1.807) is 12.1 Å². The lowest BCUT2D eigenvalue weighted by atomic mass is 10.1. The molecule has 0 saturated carbocycles. The van der Waals surface area contributed by atoms with Crippen LogP contribution in [0, 0.1) is 0 Å². The minimum atomic E-state index is -0.313. The number of nitrogens with two attached hydrogens (primary N) is 1. The highest BCUT2D eigenvalue weighted by Crippen LogP contribution is 2.28. The molecule has 4 N–H and O–H groups in total. The molecule has 88 valence electrons. The third kappa shape index (κ3) is 2.86. The largest absolute Gasteiger partial charge is 0.496 e. The Balaban J connectivity index is 3.02. The van der Waals surface area contributed by atoms with Gasteiger partial charge in [-0.05, 0) is 22.0 Å². The van der Waals surface area contributed by atoms with Crippen molar-refractivity contribution in [3.8, 4) is 5.75 Å². The number of nitrogen functional groups attached to an aromatic ring is 1. The molecule has 0 unspecified atom stereocenters. The number of hydrogen-bond donors (Lipinski definition) is 3. The SMILES string of the molecule is COc1cc(N)c(Br)cc1C(=O)NCCO.